The summed E-state index contributed by atoms with van der Waals surface area (Å²) in [5.74, 6) is 1.99. The zero-order valence-corrected chi connectivity index (χ0v) is 22.1. The van der Waals surface area contributed by atoms with Crippen LogP contribution in [0.25, 0.3) is 0 Å². The fourth-order valence-corrected chi connectivity index (χ4v) is 13.6. The summed E-state index contributed by atoms with van der Waals surface area (Å²) < 4.78 is 14.3. The molecule has 0 bridgehead atoms. The average Bonchev–Trinajstić information content (AvgIpc) is 2.80. The fourth-order valence-electron chi connectivity index (χ4n) is 6.88. The van der Waals surface area contributed by atoms with E-state index in [0.717, 1.165) is 23.7 Å². The summed E-state index contributed by atoms with van der Waals surface area (Å²) in [7, 11) is -1.51. The van der Waals surface area contributed by atoms with Crippen LogP contribution in [0.2, 0.25) is 0 Å². The van der Waals surface area contributed by atoms with Gasteiger partial charge < -0.3 is 0 Å². The Kier molecular flexibility index (Phi) is 8.67. The van der Waals surface area contributed by atoms with Crippen molar-refractivity contribution in [2.75, 3.05) is 0 Å². The zero-order chi connectivity index (χ0) is 21.8. The van der Waals surface area contributed by atoms with Crippen molar-refractivity contribution in [3.63, 3.8) is 0 Å². The van der Waals surface area contributed by atoms with Gasteiger partial charge in [0.1, 0.15) is 0 Å². The van der Waals surface area contributed by atoms with Gasteiger partial charge in [-0.2, -0.15) is 0 Å². The molecule has 31 heavy (non-hydrogen) atoms. The van der Waals surface area contributed by atoms with Crippen LogP contribution in [-0.4, -0.2) is 17.0 Å². The van der Waals surface area contributed by atoms with E-state index < -0.39 is 7.80 Å². The lowest BCUT2D eigenvalue weighted by Gasteiger charge is -2.39. The van der Waals surface area contributed by atoms with Crippen molar-refractivity contribution in [1.82, 2.24) is 0 Å². The Labute approximate surface area is 194 Å². The molecule has 1 unspecified atom stereocenters. The highest BCUT2D eigenvalue weighted by Crippen LogP contribution is 2.56. The van der Waals surface area contributed by atoms with E-state index >= 15 is 0 Å². The van der Waals surface area contributed by atoms with Crippen LogP contribution in [0, 0.1) is 17.8 Å². The molecule has 4 atom stereocenters. The molecule has 0 aromatic heterocycles. The SMILES string of the molecule is CC(C)[C@@H]1CC[C@@H](C)C[C@H]1[P+](=O)c1ccccc1P(C1CCCCC1)C1CCCCC1. The number of hydrogen-bond donors (Lipinski definition) is 0. The molecule has 1 aromatic carbocycles. The largest absolute Gasteiger partial charge is 0.380 e. The molecule has 3 aliphatic rings. The average molecular weight is 460 g/mol. The van der Waals surface area contributed by atoms with Gasteiger partial charge in [0.15, 0.2) is 11.0 Å². The molecule has 0 radical (unpaired) electrons. The highest BCUT2D eigenvalue weighted by atomic mass is 31.1. The zero-order valence-electron chi connectivity index (χ0n) is 20.3. The van der Waals surface area contributed by atoms with Crippen LogP contribution in [-0.2, 0) is 4.57 Å². The van der Waals surface area contributed by atoms with E-state index in [4.69, 9.17) is 0 Å². The van der Waals surface area contributed by atoms with E-state index in [9.17, 15) is 4.57 Å². The minimum Gasteiger partial charge on any atom is -0.0677 e. The summed E-state index contributed by atoms with van der Waals surface area (Å²) in [6.07, 6.45) is 18.0. The molecule has 0 saturated heterocycles. The summed E-state index contributed by atoms with van der Waals surface area (Å²) in [5, 5.41) is 2.85. The summed E-state index contributed by atoms with van der Waals surface area (Å²) in [6, 6.07) is 9.14. The molecule has 3 fully saturated rings. The number of benzene rings is 1. The second kappa shape index (κ2) is 11.3. The quantitative estimate of drug-likeness (QED) is 0.391. The van der Waals surface area contributed by atoms with E-state index in [-0.39, 0.29) is 7.92 Å². The van der Waals surface area contributed by atoms with Gasteiger partial charge in [-0.1, -0.05) is 90.3 Å². The van der Waals surface area contributed by atoms with Gasteiger partial charge in [-0.05, 0) is 73.8 Å². The van der Waals surface area contributed by atoms with Crippen LogP contribution in [0.4, 0.5) is 0 Å². The third-order valence-electron chi connectivity index (χ3n) is 8.62. The summed E-state index contributed by atoms with van der Waals surface area (Å²) >= 11 is 0. The molecule has 0 spiro atoms. The molecule has 3 aliphatic carbocycles. The highest BCUT2D eigenvalue weighted by Gasteiger charge is 2.46. The molecule has 0 heterocycles. The van der Waals surface area contributed by atoms with Gasteiger partial charge in [-0.25, -0.2) is 0 Å². The first-order valence-corrected chi connectivity index (χ1v) is 16.2. The van der Waals surface area contributed by atoms with Gasteiger partial charge in [0, 0.05) is 11.2 Å². The maximum atomic E-state index is 14.3. The standard InChI is InChI=1S/C28H45OP2/c1-21(2)25-19-18-22(3)20-28(25)31(29)27-17-11-10-16-26(27)30(23-12-6-4-7-13-23)24-14-8-5-9-15-24/h10-11,16-17,21-25,28H,4-9,12-15,18-20H2,1-3H3/q+1/t22-,25+,28-/m1/s1. The molecule has 1 aromatic rings. The molecule has 0 aliphatic heterocycles. The molecular formula is C28H45OP2+. The van der Waals surface area contributed by atoms with Crippen LogP contribution < -0.4 is 10.6 Å². The molecule has 1 nitrogen and oxygen atoms in total. The summed E-state index contributed by atoms with van der Waals surface area (Å²) in [4.78, 5) is 0. The molecule has 0 amide bonds. The lowest BCUT2D eigenvalue weighted by molar-refractivity contribution is 0.239. The van der Waals surface area contributed by atoms with Crippen LogP contribution in [0.5, 0.6) is 0 Å². The van der Waals surface area contributed by atoms with Crippen LogP contribution in [0.15, 0.2) is 24.3 Å². The molecule has 3 saturated carbocycles. The van der Waals surface area contributed by atoms with Crippen LogP contribution >= 0.6 is 15.7 Å². The first kappa shape index (κ1) is 23.9. The van der Waals surface area contributed by atoms with Gasteiger partial charge in [-0.3, -0.25) is 0 Å². The van der Waals surface area contributed by atoms with Crippen molar-refractivity contribution in [2.24, 2.45) is 17.8 Å². The van der Waals surface area contributed by atoms with Crippen molar-refractivity contribution < 1.29 is 4.57 Å². The van der Waals surface area contributed by atoms with Crippen molar-refractivity contribution in [3.8, 4) is 0 Å². The van der Waals surface area contributed by atoms with E-state index in [2.05, 4.69) is 45.0 Å². The van der Waals surface area contributed by atoms with E-state index in [1.54, 1.807) is 5.30 Å². The lowest BCUT2D eigenvalue weighted by atomic mass is 9.77. The first-order chi connectivity index (χ1) is 15.1. The number of hydrogen-bond acceptors (Lipinski definition) is 1. The van der Waals surface area contributed by atoms with Crippen molar-refractivity contribution >= 4 is 26.3 Å². The lowest BCUT2D eigenvalue weighted by Crippen LogP contribution is -2.36. The highest BCUT2D eigenvalue weighted by molar-refractivity contribution is 7.69. The third-order valence-corrected chi connectivity index (χ3v) is 14.4. The normalized spacial score (nSPS) is 29.5. The minimum atomic E-state index is -1.32. The Morgan fingerprint density at radius 2 is 1.42 bits per heavy atom. The molecule has 3 heteroatoms. The third kappa shape index (κ3) is 5.64. The Morgan fingerprint density at radius 3 is 2.00 bits per heavy atom. The number of rotatable bonds is 6. The predicted octanol–water partition coefficient (Wildman–Crippen LogP) is 8.37. The van der Waals surface area contributed by atoms with Gasteiger partial charge in [-0.15, -0.1) is 0 Å². The smallest absolute Gasteiger partial charge is 0.0677 e. The molecule has 172 valence electrons. The Balaban J connectivity index is 1.68. The molecule has 4 rings (SSSR count). The van der Waals surface area contributed by atoms with Crippen LogP contribution in [0.1, 0.15) is 104 Å². The van der Waals surface area contributed by atoms with Crippen molar-refractivity contribution in [2.45, 2.75) is 121 Å². The maximum absolute atomic E-state index is 14.3. The Hall–Kier alpha value is -0.250. The second-order valence-electron chi connectivity index (χ2n) is 11.2. The maximum Gasteiger partial charge on any atom is 0.380 e. The van der Waals surface area contributed by atoms with Crippen molar-refractivity contribution in [1.29, 1.82) is 0 Å². The summed E-state index contributed by atoms with van der Waals surface area (Å²) in [5.41, 5.74) is 2.14. The van der Waals surface area contributed by atoms with E-state index in [1.165, 1.54) is 82.4 Å². The van der Waals surface area contributed by atoms with Gasteiger partial charge in [0.05, 0.1) is 0 Å². The minimum absolute atomic E-state index is 0.191. The van der Waals surface area contributed by atoms with Gasteiger partial charge in [0.2, 0.25) is 0 Å². The van der Waals surface area contributed by atoms with Gasteiger partial charge >= 0.3 is 7.80 Å². The first-order valence-electron chi connectivity index (χ1n) is 13.4. The second-order valence-corrected chi connectivity index (χ2v) is 15.8. The summed E-state index contributed by atoms with van der Waals surface area (Å²) in [6.45, 7) is 7.11. The fraction of sp³-hybridized carbons (Fsp3) is 0.786. The van der Waals surface area contributed by atoms with Gasteiger partial charge in [0.25, 0.3) is 0 Å². The topological polar surface area (TPSA) is 17.1 Å². The predicted molar refractivity (Wildman–Crippen MR) is 139 cm³/mol. The Morgan fingerprint density at radius 1 is 0.839 bits per heavy atom. The van der Waals surface area contributed by atoms with Crippen molar-refractivity contribution in [3.05, 3.63) is 24.3 Å². The van der Waals surface area contributed by atoms with Crippen LogP contribution in [0.3, 0.4) is 0 Å². The molecule has 0 N–H and O–H groups in total. The van der Waals surface area contributed by atoms with E-state index in [1.807, 2.05) is 0 Å². The van der Waals surface area contributed by atoms with E-state index in [0.29, 0.717) is 17.5 Å². The Bertz CT molecular complexity index is 699. The monoisotopic (exact) mass is 459 g/mol. The molecular weight excluding hydrogens is 414 g/mol.